The molecule has 4 heteroatoms. The Bertz CT molecular complexity index is 502. The van der Waals surface area contributed by atoms with E-state index in [4.69, 9.17) is 0 Å². The highest BCUT2D eigenvalue weighted by atomic mass is 16.3. The van der Waals surface area contributed by atoms with Gasteiger partial charge in [-0.1, -0.05) is 12.7 Å². The molecule has 0 saturated heterocycles. The predicted molar refractivity (Wildman–Crippen MR) is 60.2 cm³/mol. The molecule has 0 aliphatic rings. The summed E-state index contributed by atoms with van der Waals surface area (Å²) in [4.78, 5) is 25.8. The summed E-state index contributed by atoms with van der Waals surface area (Å²) < 4.78 is 0. The zero-order valence-electron chi connectivity index (χ0n) is 8.36. The van der Waals surface area contributed by atoms with E-state index in [1.54, 1.807) is 0 Å². The molecule has 0 amide bonds. The number of hydrogen-bond acceptors (Lipinski definition) is 4. The lowest BCUT2D eigenvalue weighted by atomic mass is 10.00. The molecule has 0 saturated carbocycles. The van der Waals surface area contributed by atoms with Crippen LogP contribution in [0.15, 0.2) is 33.3 Å². The monoisotopic (exact) mass is 205 g/mol. The van der Waals surface area contributed by atoms with Crippen LogP contribution in [0.3, 0.4) is 0 Å². The summed E-state index contributed by atoms with van der Waals surface area (Å²) in [5.41, 5.74) is -1.08. The molecule has 15 heavy (non-hydrogen) atoms. The Morgan fingerprint density at radius 2 is 2.13 bits per heavy atom. The van der Waals surface area contributed by atoms with E-state index in [9.17, 15) is 14.7 Å². The summed E-state index contributed by atoms with van der Waals surface area (Å²) in [5.74, 6) is -0.490. The van der Waals surface area contributed by atoms with E-state index in [0.717, 1.165) is 0 Å². The predicted octanol–water partition coefficient (Wildman–Crippen LogP) is 0.648. The topological polar surface area (TPSA) is 66.7 Å². The van der Waals surface area contributed by atoms with Crippen LogP contribution >= 0.6 is 0 Å². The van der Waals surface area contributed by atoms with Crippen molar-refractivity contribution in [1.82, 2.24) is 0 Å². The van der Waals surface area contributed by atoms with Crippen molar-refractivity contribution in [2.24, 2.45) is 4.99 Å². The van der Waals surface area contributed by atoms with Gasteiger partial charge in [-0.05, 0) is 18.6 Å². The first-order valence-corrected chi connectivity index (χ1v) is 4.48. The minimum Gasteiger partial charge on any atom is -0.503 e. The average molecular weight is 205 g/mol. The lowest BCUT2D eigenvalue weighted by Gasteiger charge is -2.04. The molecule has 0 spiro atoms. The molecule has 78 valence electrons. The molecule has 0 unspecified atom stereocenters. The van der Waals surface area contributed by atoms with E-state index in [-0.39, 0.29) is 5.56 Å². The second kappa shape index (κ2) is 4.50. The first-order valence-electron chi connectivity index (χ1n) is 4.48. The second-order valence-electron chi connectivity index (χ2n) is 2.86. The van der Waals surface area contributed by atoms with Crippen LogP contribution in [0.25, 0.3) is 5.57 Å². The summed E-state index contributed by atoms with van der Waals surface area (Å²) >= 11 is 0. The first kappa shape index (κ1) is 11.1. The highest BCUT2D eigenvalue weighted by Gasteiger charge is 2.21. The number of hydrogen-bond donors (Lipinski definition) is 1. The zero-order chi connectivity index (χ0) is 11.4. The summed E-state index contributed by atoms with van der Waals surface area (Å²) in [6, 6.07) is 0. The van der Waals surface area contributed by atoms with Crippen LogP contribution < -0.4 is 10.9 Å². The molecule has 0 aliphatic heterocycles. The van der Waals surface area contributed by atoms with E-state index in [1.807, 2.05) is 6.92 Å². The van der Waals surface area contributed by atoms with Gasteiger partial charge in [0.25, 0.3) is 5.43 Å². The van der Waals surface area contributed by atoms with Crippen molar-refractivity contribution in [3.05, 3.63) is 44.7 Å². The molecule has 0 aliphatic carbocycles. The third-order valence-corrected chi connectivity index (χ3v) is 1.94. The molecule has 4 nitrogen and oxygen atoms in total. The SMILES string of the molecule is C=C/C(=C\C=NCC)c1c(O)c(=O)c1=O. The maximum atomic E-state index is 11.1. The molecular formula is C11H11NO3. The molecule has 0 heterocycles. The van der Waals surface area contributed by atoms with E-state index >= 15 is 0 Å². The molecule has 1 aromatic rings. The Kier molecular flexibility index (Phi) is 3.33. The van der Waals surface area contributed by atoms with Gasteiger partial charge < -0.3 is 5.11 Å². The van der Waals surface area contributed by atoms with Gasteiger partial charge >= 0.3 is 0 Å². The maximum absolute atomic E-state index is 11.1. The standard InChI is InChI=1S/C11H11NO3/c1-3-7(5-6-12-4-2)8-9(13)11(15)10(8)14/h3,5-6,13H,1,4H2,2H3/b7-5+,12-6?. The zero-order valence-corrected chi connectivity index (χ0v) is 8.36. The van der Waals surface area contributed by atoms with Gasteiger partial charge in [0.05, 0.1) is 5.56 Å². The minimum atomic E-state index is -0.842. The third-order valence-electron chi connectivity index (χ3n) is 1.94. The van der Waals surface area contributed by atoms with E-state index in [2.05, 4.69) is 11.6 Å². The summed E-state index contributed by atoms with van der Waals surface area (Å²) in [6.45, 7) is 5.99. The Labute approximate surface area is 86.6 Å². The van der Waals surface area contributed by atoms with E-state index in [1.165, 1.54) is 18.4 Å². The van der Waals surface area contributed by atoms with Gasteiger partial charge in [-0.25, -0.2) is 0 Å². The number of nitrogens with zero attached hydrogens (tertiary/aromatic N) is 1. The Hall–Kier alpha value is -1.97. The summed E-state index contributed by atoms with van der Waals surface area (Å²) in [5, 5.41) is 9.18. The van der Waals surface area contributed by atoms with Gasteiger partial charge in [0.15, 0.2) is 5.75 Å². The van der Waals surface area contributed by atoms with E-state index in [0.29, 0.717) is 12.1 Å². The average Bonchev–Trinajstić information content (AvgIpc) is 2.27. The van der Waals surface area contributed by atoms with Crippen LogP contribution in [-0.4, -0.2) is 17.9 Å². The van der Waals surface area contributed by atoms with E-state index < -0.39 is 16.6 Å². The normalized spacial score (nSPS) is 12.5. The van der Waals surface area contributed by atoms with Gasteiger partial charge in [0, 0.05) is 12.8 Å². The number of rotatable bonds is 4. The molecule has 0 radical (unpaired) electrons. The molecule has 1 N–H and O–H groups in total. The van der Waals surface area contributed by atoms with Crippen molar-refractivity contribution in [2.45, 2.75) is 6.92 Å². The fraction of sp³-hybridized carbons (Fsp3) is 0.182. The first-order chi connectivity index (χ1) is 7.13. The molecule has 0 fully saturated rings. The highest BCUT2D eigenvalue weighted by Crippen LogP contribution is 2.19. The van der Waals surface area contributed by atoms with Gasteiger partial charge in [0.1, 0.15) is 0 Å². The number of allylic oxidation sites excluding steroid dienone is 3. The van der Waals surface area contributed by atoms with Crippen molar-refractivity contribution in [3.63, 3.8) is 0 Å². The Morgan fingerprint density at radius 1 is 1.47 bits per heavy atom. The van der Waals surface area contributed by atoms with Crippen LogP contribution in [-0.2, 0) is 0 Å². The maximum Gasteiger partial charge on any atom is 0.268 e. The second-order valence-corrected chi connectivity index (χ2v) is 2.86. The quantitative estimate of drug-likeness (QED) is 0.446. The molecule has 0 aromatic heterocycles. The summed E-state index contributed by atoms with van der Waals surface area (Å²) in [7, 11) is 0. The van der Waals surface area contributed by atoms with Crippen molar-refractivity contribution in [2.75, 3.05) is 6.54 Å². The van der Waals surface area contributed by atoms with Crippen molar-refractivity contribution in [3.8, 4) is 5.75 Å². The number of aromatic hydroxyl groups is 1. The van der Waals surface area contributed by atoms with Crippen LogP contribution in [0.2, 0.25) is 0 Å². The molecule has 1 rings (SSSR count). The van der Waals surface area contributed by atoms with Crippen molar-refractivity contribution < 1.29 is 5.11 Å². The lowest BCUT2D eigenvalue weighted by Crippen LogP contribution is -2.33. The highest BCUT2D eigenvalue weighted by molar-refractivity contribution is 5.90. The fourth-order valence-corrected chi connectivity index (χ4v) is 1.14. The minimum absolute atomic E-state index is 0.0255. The van der Waals surface area contributed by atoms with Gasteiger partial charge in [-0.2, -0.15) is 0 Å². The molecule has 0 atom stereocenters. The Morgan fingerprint density at radius 3 is 2.60 bits per heavy atom. The summed E-state index contributed by atoms with van der Waals surface area (Å²) in [6.07, 6.45) is 4.44. The van der Waals surface area contributed by atoms with Crippen LogP contribution in [0.5, 0.6) is 5.75 Å². The van der Waals surface area contributed by atoms with Crippen LogP contribution in [0.1, 0.15) is 12.5 Å². The fourth-order valence-electron chi connectivity index (χ4n) is 1.14. The van der Waals surface area contributed by atoms with Gasteiger partial charge in [-0.3, -0.25) is 14.6 Å². The van der Waals surface area contributed by atoms with Gasteiger partial charge in [0.2, 0.25) is 5.43 Å². The molecule has 0 bridgehead atoms. The van der Waals surface area contributed by atoms with Gasteiger partial charge in [-0.15, -0.1) is 0 Å². The smallest absolute Gasteiger partial charge is 0.268 e. The van der Waals surface area contributed by atoms with Crippen LogP contribution in [0, 0.1) is 0 Å². The number of aliphatic imine (C=N–C) groups is 1. The van der Waals surface area contributed by atoms with Crippen molar-refractivity contribution >= 4 is 11.8 Å². The molecule has 1 aromatic carbocycles. The third kappa shape index (κ3) is 1.93. The van der Waals surface area contributed by atoms with Crippen molar-refractivity contribution in [1.29, 1.82) is 0 Å². The molecular weight excluding hydrogens is 194 g/mol. The largest absolute Gasteiger partial charge is 0.503 e. The van der Waals surface area contributed by atoms with Crippen LogP contribution in [0.4, 0.5) is 0 Å². The lowest BCUT2D eigenvalue weighted by molar-refractivity contribution is 0.461. The Balaban J connectivity index is 3.11.